The molecule has 3 aromatic rings. The molecule has 1 saturated heterocycles. The summed E-state index contributed by atoms with van der Waals surface area (Å²) in [5.74, 6) is -1.15. The van der Waals surface area contributed by atoms with Crippen molar-refractivity contribution in [1.29, 1.82) is 0 Å². The molecular weight excluding hydrogens is 402 g/mol. The van der Waals surface area contributed by atoms with Gasteiger partial charge in [0.05, 0.1) is 18.7 Å². The maximum Gasteiger partial charge on any atom is 0.300 e. The molecule has 1 heterocycles. The molecule has 1 N–H and O–H groups in total. The first-order valence-electron chi connectivity index (χ1n) is 9.27. The smallest absolute Gasteiger partial charge is 0.300 e. The third-order valence-corrected chi connectivity index (χ3v) is 5.22. The van der Waals surface area contributed by atoms with E-state index in [1.54, 1.807) is 78.9 Å². The standard InChI is InChI=1S/C24H18ClNO4/c1-30-19-12-5-9-16(13-19)21-20(22(27)15-7-3-2-4-8-15)23(28)24(29)26(21)18-11-6-10-17(25)14-18/h2-14,21,27H,1H3/t21-/m0/s1. The molecule has 3 aromatic carbocycles. The average Bonchev–Trinajstić information content (AvgIpc) is 3.04. The largest absolute Gasteiger partial charge is 0.507 e. The maximum absolute atomic E-state index is 13.1. The lowest BCUT2D eigenvalue weighted by atomic mass is 9.95. The van der Waals surface area contributed by atoms with E-state index < -0.39 is 17.7 Å². The van der Waals surface area contributed by atoms with Gasteiger partial charge >= 0.3 is 0 Å². The van der Waals surface area contributed by atoms with Crippen LogP contribution in [0.1, 0.15) is 17.2 Å². The zero-order valence-electron chi connectivity index (χ0n) is 16.1. The Bertz CT molecular complexity index is 1160. The number of carbonyl (C=O) groups is 2. The lowest BCUT2D eigenvalue weighted by molar-refractivity contribution is -0.132. The Labute approximate surface area is 178 Å². The van der Waals surface area contributed by atoms with Crippen LogP contribution in [-0.2, 0) is 9.59 Å². The molecule has 1 amide bonds. The number of halogens is 1. The van der Waals surface area contributed by atoms with Crippen LogP contribution in [0.25, 0.3) is 5.76 Å². The van der Waals surface area contributed by atoms with Crippen molar-refractivity contribution in [2.75, 3.05) is 12.0 Å². The minimum atomic E-state index is -0.834. The van der Waals surface area contributed by atoms with Crippen LogP contribution in [0.4, 0.5) is 5.69 Å². The third kappa shape index (κ3) is 3.44. The van der Waals surface area contributed by atoms with Gasteiger partial charge in [0.1, 0.15) is 11.5 Å². The number of nitrogens with zero attached hydrogens (tertiary/aromatic N) is 1. The van der Waals surface area contributed by atoms with Gasteiger partial charge in [0, 0.05) is 16.3 Å². The van der Waals surface area contributed by atoms with Gasteiger partial charge in [0.2, 0.25) is 0 Å². The number of hydrogen-bond donors (Lipinski definition) is 1. The highest BCUT2D eigenvalue weighted by molar-refractivity contribution is 6.51. The van der Waals surface area contributed by atoms with Gasteiger partial charge in [-0.1, -0.05) is 60.1 Å². The second kappa shape index (κ2) is 8.05. The van der Waals surface area contributed by atoms with Gasteiger partial charge in [0.15, 0.2) is 0 Å². The van der Waals surface area contributed by atoms with E-state index in [0.29, 0.717) is 27.6 Å². The van der Waals surface area contributed by atoms with E-state index in [4.69, 9.17) is 16.3 Å². The second-order valence-corrected chi connectivity index (χ2v) is 7.23. The van der Waals surface area contributed by atoms with E-state index in [9.17, 15) is 14.7 Å². The quantitative estimate of drug-likeness (QED) is 0.368. The van der Waals surface area contributed by atoms with Crippen molar-refractivity contribution in [2.24, 2.45) is 0 Å². The fraction of sp³-hybridized carbons (Fsp3) is 0.0833. The van der Waals surface area contributed by atoms with Crippen molar-refractivity contribution in [3.63, 3.8) is 0 Å². The topological polar surface area (TPSA) is 66.8 Å². The molecule has 150 valence electrons. The Morgan fingerprint density at radius 1 is 0.967 bits per heavy atom. The monoisotopic (exact) mass is 419 g/mol. The molecule has 6 heteroatoms. The van der Waals surface area contributed by atoms with E-state index in [1.807, 2.05) is 0 Å². The van der Waals surface area contributed by atoms with Gasteiger partial charge in [-0.25, -0.2) is 0 Å². The Balaban J connectivity index is 1.97. The van der Waals surface area contributed by atoms with Crippen LogP contribution in [0.3, 0.4) is 0 Å². The first-order valence-corrected chi connectivity index (χ1v) is 9.65. The fourth-order valence-corrected chi connectivity index (χ4v) is 3.79. The van der Waals surface area contributed by atoms with Crippen LogP contribution in [-0.4, -0.2) is 23.9 Å². The summed E-state index contributed by atoms with van der Waals surface area (Å²) >= 11 is 6.14. The van der Waals surface area contributed by atoms with E-state index in [2.05, 4.69) is 0 Å². The van der Waals surface area contributed by atoms with Crippen LogP contribution >= 0.6 is 11.6 Å². The van der Waals surface area contributed by atoms with Crippen molar-refractivity contribution < 1.29 is 19.4 Å². The zero-order valence-corrected chi connectivity index (χ0v) is 16.8. The summed E-state index contributed by atoms with van der Waals surface area (Å²) < 4.78 is 5.32. The molecule has 1 aliphatic heterocycles. The SMILES string of the molecule is COc1cccc([C@H]2C(=C(O)c3ccccc3)C(=O)C(=O)N2c2cccc(Cl)c2)c1. The molecule has 0 saturated carbocycles. The van der Waals surface area contributed by atoms with Crippen molar-refractivity contribution in [3.8, 4) is 5.75 Å². The maximum atomic E-state index is 13.1. The number of Topliss-reactive ketones (excluding diaryl/α,β-unsaturated/α-hetero) is 1. The van der Waals surface area contributed by atoms with Crippen LogP contribution in [0, 0.1) is 0 Å². The number of aliphatic hydroxyl groups is 1. The molecular formula is C24H18ClNO4. The third-order valence-electron chi connectivity index (χ3n) is 4.99. The van der Waals surface area contributed by atoms with Gasteiger partial charge in [0.25, 0.3) is 11.7 Å². The Kier molecular flexibility index (Phi) is 5.29. The summed E-state index contributed by atoms with van der Waals surface area (Å²) in [6, 6.07) is 21.6. The van der Waals surface area contributed by atoms with Crippen LogP contribution in [0.2, 0.25) is 5.02 Å². The van der Waals surface area contributed by atoms with E-state index in [0.717, 1.165) is 0 Å². The summed E-state index contributed by atoms with van der Waals surface area (Å²) in [4.78, 5) is 27.5. The molecule has 0 radical (unpaired) electrons. The van der Waals surface area contributed by atoms with Crippen molar-refractivity contribution >= 4 is 34.7 Å². The number of benzene rings is 3. The first-order chi connectivity index (χ1) is 14.5. The van der Waals surface area contributed by atoms with Gasteiger partial charge in [-0.2, -0.15) is 0 Å². The predicted molar refractivity (Wildman–Crippen MR) is 116 cm³/mol. The number of amides is 1. The highest BCUT2D eigenvalue weighted by Gasteiger charge is 2.47. The highest BCUT2D eigenvalue weighted by atomic mass is 35.5. The first kappa shape index (κ1) is 19.7. The number of carbonyl (C=O) groups excluding carboxylic acids is 2. The average molecular weight is 420 g/mol. The van der Waals surface area contributed by atoms with Crippen molar-refractivity contribution in [3.05, 3.63) is 101 Å². The van der Waals surface area contributed by atoms with E-state index in [-0.39, 0.29) is 11.3 Å². The molecule has 0 bridgehead atoms. The molecule has 30 heavy (non-hydrogen) atoms. The number of anilines is 1. The Morgan fingerprint density at radius 2 is 1.70 bits per heavy atom. The van der Waals surface area contributed by atoms with Gasteiger partial charge < -0.3 is 9.84 Å². The van der Waals surface area contributed by atoms with Crippen LogP contribution in [0.5, 0.6) is 5.75 Å². The lowest BCUT2D eigenvalue weighted by Crippen LogP contribution is -2.29. The molecule has 0 spiro atoms. The number of rotatable bonds is 4. The zero-order chi connectivity index (χ0) is 21.3. The molecule has 4 rings (SSSR count). The van der Waals surface area contributed by atoms with Gasteiger partial charge in [-0.15, -0.1) is 0 Å². The number of ether oxygens (including phenoxy) is 1. The Hall–Kier alpha value is -3.57. The molecule has 0 aromatic heterocycles. The summed E-state index contributed by atoms with van der Waals surface area (Å²) in [5.41, 5.74) is 1.56. The molecule has 0 unspecified atom stereocenters. The summed E-state index contributed by atoms with van der Waals surface area (Å²) in [7, 11) is 1.54. The number of ketones is 1. The van der Waals surface area contributed by atoms with Crippen molar-refractivity contribution in [2.45, 2.75) is 6.04 Å². The van der Waals surface area contributed by atoms with E-state index in [1.165, 1.54) is 12.0 Å². The molecule has 0 aliphatic carbocycles. The summed E-state index contributed by atoms with van der Waals surface area (Å²) in [6.45, 7) is 0. The second-order valence-electron chi connectivity index (χ2n) is 6.79. The van der Waals surface area contributed by atoms with Crippen molar-refractivity contribution in [1.82, 2.24) is 0 Å². The predicted octanol–water partition coefficient (Wildman–Crippen LogP) is 4.97. The van der Waals surface area contributed by atoms with Crippen LogP contribution in [0.15, 0.2) is 84.4 Å². The minimum Gasteiger partial charge on any atom is -0.507 e. The van der Waals surface area contributed by atoms with Gasteiger partial charge in [-0.05, 0) is 35.9 Å². The summed E-state index contributed by atoms with van der Waals surface area (Å²) in [5, 5.41) is 11.4. The molecule has 1 aliphatic rings. The molecule has 5 nitrogen and oxygen atoms in total. The fourth-order valence-electron chi connectivity index (χ4n) is 3.60. The van der Waals surface area contributed by atoms with Crippen LogP contribution < -0.4 is 9.64 Å². The van der Waals surface area contributed by atoms with E-state index >= 15 is 0 Å². The number of hydrogen-bond acceptors (Lipinski definition) is 4. The molecule has 1 fully saturated rings. The highest BCUT2D eigenvalue weighted by Crippen LogP contribution is 2.43. The summed E-state index contributed by atoms with van der Waals surface area (Å²) in [6.07, 6.45) is 0. The lowest BCUT2D eigenvalue weighted by Gasteiger charge is -2.25. The molecule has 1 atom stereocenters. The minimum absolute atomic E-state index is 0.0134. The number of aliphatic hydroxyl groups excluding tert-OH is 1. The van der Waals surface area contributed by atoms with Gasteiger partial charge in [-0.3, -0.25) is 14.5 Å². The number of methoxy groups -OCH3 is 1. The normalized spacial score (nSPS) is 17.9. The Morgan fingerprint density at radius 3 is 2.40 bits per heavy atom.